The molecule has 0 spiro atoms. The van der Waals surface area contributed by atoms with Crippen molar-refractivity contribution < 1.29 is 18.9 Å². The molecule has 0 atom stereocenters. The Morgan fingerprint density at radius 1 is 1.75 bits per heavy atom. The first-order valence-electron chi connectivity index (χ1n) is 0.908. The Balaban J connectivity index is 0. The van der Waals surface area contributed by atoms with E-state index in [2.05, 4.69) is 0 Å². The van der Waals surface area contributed by atoms with Crippen molar-refractivity contribution in [1.82, 2.24) is 0 Å². The predicted molar refractivity (Wildman–Crippen MR) is 21.3 cm³/mol. The molecule has 1 nitrogen and oxygen atoms in total. The predicted octanol–water partition coefficient (Wildman–Crippen LogP) is -5.42. The number of hydrogen-bond donors (Lipinski definition) is 1. The Morgan fingerprint density at radius 3 is 1.75 bits per heavy atom. The Labute approximate surface area is 43.6 Å². The number of hydrogen-bond acceptors (Lipinski definition) is 1. The van der Waals surface area contributed by atoms with Crippen molar-refractivity contribution in [2.45, 2.75) is 0 Å². The molecule has 2 N–H and O–H groups in total. The summed E-state index contributed by atoms with van der Waals surface area (Å²) >= 11 is 0. The Hall–Kier alpha value is 0.991. The smallest absolute Gasteiger partial charge is 0.387 e. The van der Waals surface area contributed by atoms with Gasteiger partial charge >= 0.3 is 18.9 Å². The van der Waals surface area contributed by atoms with Crippen molar-refractivity contribution in [3.05, 3.63) is 0 Å². The Bertz CT molecular complexity index is 6.00. The maximum absolute atomic E-state index is 5.00. The number of nitrogens with two attached hydrogens (primary N) is 1. The van der Waals surface area contributed by atoms with E-state index in [-0.39, 0.29) is 28.1 Å². The van der Waals surface area contributed by atoms with Gasteiger partial charge in [0.05, 0.1) is 0 Å². The van der Waals surface area contributed by atoms with Gasteiger partial charge in [0.25, 0.3) is 0 Å². The second kappa shape index (κ2) is 9.01. The minimum atomic E-state index is -0.0556. The third kappa shape index (κ3) is 12.1. The van der Waals surface area contributed by atoms with E-state index in [9.17, 15) is 0 Å². The van der Waals surface area contributed by atoms with Gasteiger partial charge in [-0.15, -0.1) is 0 Å². The largest absolute Gasteiger partial charge is 1.00 e. The second-order valence-corrected chi connectivity index (χ2v) is 2.60. The van der Waals surface area contributed by atoms with Crippen molar-refractivity contribution in [3.8, 4) is 0 Å². The van der Waals surface area contributed by atoms with Gasteiger partial charge in [-0.3, -0.25) is 9.76 Å². The van der Waals surface area contributed by atoms with Gasteiger partial charge in [0.15, 0.2) is 0 Å². The summed E-state index contributed by atoms with van der Waals surface area (Å²) in [4.78, 5) is 0. The maximum atomic E-state index is 5.00. The van der Waals surface area contributed by atoms with Crippen molar-refractivity contribution >= 4 is 19.0 Å². The van der Waals surface area contributed by atoms with E-state index in [1.54, 1.807) is 0 Å². The zero-order valence-corrected chi connectivity index (χ0v) is 5.82. The molecule has 0 heterocycles. The molecule has 0 saturated carbocycles. The van der Waals surface area contributed by atoms with Crippen molar-refractivity contribution in [1.29, 1.82) is 0 Å². The summed E-state index contributed by atoms with van der Waals surface area (Å²) in [5.41, 5.74) is 0. The van der Waals surface area contributed by atoms with E-state index < -0.39 is 0 Å². The van der Waals surface area contributed by atoms with Crippen molar-refractivity contribution in [2.24, 2.45) is 5.40 Å². The molecule has 0 saturated heterocycles. The van der Waals surface area contributed by atoms with E-state index in [0.29, 0.717) is 0 Å². The molecule has 0 unspecified atom stereocenters. The third-order valence-electron chi connectivity index (χ3n) is 0. The van der Waals surface area contributed by atoms with Crippen LogP contribution < -0.4 is 24.3 Å². The zero-order chi connectivity index (χ0) is 2.71. The van der Waals surface area contributed by atoms with E-state index >= 15 is 0 Å². The molecule has 0 rings (SSSR count). The molecule has 0 radical (unpaired) electrons. The van der Waals surface area contributed by atoms with E-state index in [0.717, 1.165) is 0 Å². The van der Waals surface area contributed by atoms with Crippen LogP contribution in [-0.2, 0) is 0 Å². The average Bonchev–Trinajstić information content (AvgIpc) is 0.918. The van der Waals surface area contributed by atoms with Crippen molar-refractivity contribution in [3.63, 3.8) is 0 Å². The summed E-state index contributed by atoms with van der Waals surface area (Å²) in [5, 5.41) is 5.00. The molecule has 4 heteroatoms. The third-order valence-corrected chi connectivity index (χ3v) is 0. The van der Waals surface area contributed by atoms with Gasteiger partial charge in [-0.1, -0.05) is 9.20 Å². The minimum Gasteiger partial charge on any atom is -0.387 e. The van der Waals surface area contributed by atoms with Gasteiger partial charge < -0.3 is 5.40 Å². The normalized spacial score (nSPS) is 7.50. The van der Waals surface area contributed by atoms with Gasteiger partial charge in [0.2, 0.25) is 0 Å². The van der Waals surface area contributed by atoms with Crippen LogP contribution in [0, 0.1) is 0 Å². The molecule has 0 aliphatic heterocycles. The van der Waals surface area contributed by atoms with Crippen LogP contribution in [0.3, 0.4) is 0 Å². The minimum absolute atomic E-state index is 0. The first-order chi connectivity index (χ1) is 1.41. The maximum Gasteiger partial charge on any atom is 1.00 e. The molecule has 4 heavy (non-hydrogen) atoms. The molecule has 0 aromatic heterocycles. The molecule has 0 fully saturated rings. The summed E-state index contributed by atoms with van der Waals surface area (Å²) in [7, 11) is 1.83. The Kier molecular flexibility index (Phi) is 20.0. The van der Waals surface area contributed by atoms with Crippen LogP contribution in [0.2, 0.25) is 0 Å². The van der Waals surface area contributed by atoms with Crippen LogP contribution in [0.15, 0.2) is 0 Å². The molecule has 0 aliphatic carbocycles. The number of rotatable bonds is 0. The summed E-state index contributed by atoms with van der Waals surface area (Å²) in [6, 6.07) is 0. The topological polar surface area (TPSA) is 26.0 Å². The summed E-state index contributed by atoms with van der Waals surface area (Å²) in [6.45, 7) is 0. The van der Waals surface area contributed by atoms with E-state index in [4.69, 9.17) is 5.40 Å². The summed E-state index contributed by atoms with van der Waals surface area (Å²) in [6.07, 6.45) is 0. The fourth-order valence-electron chi connectivity index (χ4n) is 0. The average molecular weight is 83.2 g/mol. The molecular formula is H6LiNSi2. The molecular weight excluding hydrogens is 77.1 g/mol. The van der Waals surface area contributed by atoms with Crippen LogP contribution in [0.25, 0.3) is 0 Å². The summed E-state index contributed by atoms with van der Waals surface area (Å²) < 4.78 is 0. The van der Waals surface area contributed by atoms with Gasteiger partial charge in [0.1, 0.15) is 0 Å². The second-order valence-electron chi connectivity index (χ2n) is 0.289. The SMILES string of the molecule is N[SiH2][SiH2-].[Li+]. The van der Waals surface area contributed by atoms with Crippen LogP contribution >= 0.6 is 0 Å². The van der Waals surface area contributed by atoms with Crippen LogP contribution in [0.1, 0.15) is 0 Å². The standard InChI is InChI=1S/Li.H6NSi2/c;1-3-2/h;1-3H2/q+1;-1. The Morgan fingerprint density at radius 2 is 1.75 bits per heavy atom. The molecule has 0 bridgehead atoms. The van der Waals surface area contributed by atoms with Crippen molar-refractivity contribution in [2.75, 3.05) is 0 Å². The quantitative estimate of drug-likeness (QED) is 0.291. The van der Waals surface area contributed by atoms with E-state index in [1.165, 1.54) is 0 Å². The van der Waals surface area contributed by atoms with Crippen LogP contribution in [0.4, 0.5) is 0 Å². The first-order valence-corrected chi connectivity index (χ1v) is 5.72. The fourth-order valence-corrected chi connectivity index (χ4v) is 0. The summed E-state index contributed by atoms with van der Waals surface area (Å²) in [5.74, 6) is 0. The van der Waals surface area contributed by atoms with Crippen LogP contribution in [0.5, 0.6) is 0 Å². The monoisotopic (exact) mass is 83.0 g/mol. The van der Waals surface area contributed by atoms with Gasteiger partial charge in [-0.05, 0) is 0 Å². The molecule has 0 aromatic rings. The molecule has 0 amide bonds. The molecule has 0 aliphatic rings. The van der Waals surface area contributed by atoms with Crippen LogP contribution in [-0.4, -0.2) is 19.0 Å². The van der Waals surface area contributed by atoms with Gasteiger partial charge in [-0.2, -0.15) is 0 Å². The zero-order valence-electron chi connectivity index (χ0n) is 2.99. The first kappa shape index (κ1) is 8.89. The fraction of sp³-hybridized carbons (Fsp3) is 0. The molecule has 20 valence electrons. The van der Waals surface area contributed by atoms with E-state index in [1.807, 2.05) is 9.76 Å². The van der Waals surface area contributed by atoms with Gasteiger partial charge in [-0.25, -0.2) is 0 Å². The molecule has 0 aromatic carbocycles. The van der Waals surface area contributed by atoms with Gasteiger partial charge in [0, 0.05) is 0 Å².